The van der Waals surface area contributed by atoms with Gasteiger partial charge in [-0.3, -0.25) is 4.79 Å². The molecule has 1 aliphatic carbocycles. The largest absolute Gasteiger partial charge is 0.397 e. The standard InChI is InChI=1S/C13H19N3O/c1-2-7-16(9-10-3-4-10)13(17)12-6-5-11(14)8-15-12/h5-6,8,10H,2-4,7,9,14H2,1H3. The number of nitrogens with zero attached hydrogens (tertiary/aromatic N) is 2. The molecule has 1 aromatic heterocycles. The first-order valence-corrected chi connectivity index (χ1v) is 6.21. The first-order valence-electron chi connectivity index (χ1n) is 6.21. The summed E-state index contributed by atoms with van der Waals surface area (Å²) in [6.07, 6.45) is 5.02. The summed E-state index contributed by atoms with van der Waals surface area (Å²) in [6, 6.07) is 3.43. The van der Waals surface area contributed by atoms with Gasteiger partial charge >= 0.3 is 0 Å². The van der Waals surface area contributed by atoms with Crippen molar-refractivity contribution in [2.45, 2.75) is 26.2 Å². The van der Waals surface area contributed by atoms with Crippen LogP contribution in [0.1, 0.15) is 36.7 Å². The second-order valence-electron chi connectivity index (χ2n) is 4.67. The van der Waals surface area contributed by atoms with Crippen LogP contribution in [0.3, 0.4) is 0 Å². The minimum atomic E-state index is 0.0266. The highest BCUT2D eigenvalue weighted by Crippen LogP contribution is 2.30. The van der Waals surface area contributed by atoms with Gasteiger partial charge in [-0.1, -0.05) is 6.92 Å². The third kappa shape index (κ3) is 3.19. The lowest BCUT2D eigenvalue weighted by molar-refractivity contribution is 0.0742. The van der Waals surface area contributed by atoms with Gasteiger partial charge in [-0.15, -0.1) is 0 Å². The van der Waals surface area contributed by atoms with E-state index in [0.717, 1.165) is 19.5 Å². The Morgan fingerprint density at radius 1 is 1.53 bits per heavy atom. The molecule has 92 valence electrons. The molecule has 1 amide bonds. The van der Waals surface area contributed by atoms with Crippen molar-refractivity contribution in [3.63, 3.8) is 0 Å². The molecule has 1 heterocycles. The molecule has 1 fully saturated rings. The van der Waals surface area contributed by atoms with Crippen molar-refractivity contribution in [3.05, 3.63) is 24.0 Å². The summed E-state index contributed by atoms with van der Waals surface area (Å²) in [6.45, 7) is 3.77. The smallest absolute Gasteiger partial charge is 0.272 e. The lowest BCUT2D eigenvalue weighted by atomic mass is 10.2. The van der Waals surface area contributed by atoms with Crippen LogP contribution < -0.4 is 5.73 Å². The monoisotopic (exact) mass is 233 g/mol. The van der Waals surface area contributed by atoms with Crippen LogP contribution in [-0.4, -0.2) is 28.9 Å². The van der Waals surface area contributed by atoms with Gasteiger partial charge in [-0.05, 0) is 37.3 Å². The molecule has 1 aromatic rings. The normalized spacial score (nSPS) is 14.6. The van der Waals surface area contributed by atoms with E-state index >= 15 is 0 Å². The fraction of sp³-hybridized carbons (Fsp3) is 0.538. The lowest BCUT2D eigenvalue weighted by Crippen LogP contribution is -2.34. The third-order valence-corrected chi connectivity index (χ3v) is 2.96. The molecule has 17 heavy (non-hydrogen) atoms. The van der Waals surface area contributed by atoms with E-state index in [0.29, 0.717) is 17.3 Å². The molecule has 0 radical (unpaired) electrons. The molecule has 2 rings (SSSR count). The van der Waals surface area contributed by atoms with E-state index < -0.39 is 0 Å². The highest BCUT2D eigenvalue weighted by Gasteiger charge is 2.27. The number of aromatic nitrogens is 1. The highest BCUT2D eigenvalue weighted by molar-refractivity contribution is 5.92. The SMILES string of the molecule is CCCN(CC1CC1)C(=O)c1ccc(N)cn1. The van der Waals surface area contributed by atoms with Gasteiger partial charge in [0.05, 0.1) is 11.9 Å². The van der Waals surface area contributed by atoms with E-state index in [1.807, 2.05) is 4.90 Å². The van der Waals surface area contributed by atoms with Crippen LogP contribution in [0, 0.1) is 5.92 Å². The topological polar surface area (TPSA) is 59.2 Å². The fourth-order valence-electron chi connectivity index (χ4n) is 1.85. The summed E-state index contributed by atoms with van der Waals surface area (Å²) in [5, 5.41) is 0. The number of nitrogens with two attached hydrogens (primary N) is 1. The first kappa shape index (κ1) is 11.9. The summed E-state index contributed by atoms with van der Waals surface area (Å²) >= 11 is 0. The summed E-state index contributed by atoms with van der Waals surface area (Å²) < 4.78 is 0. The molecule has 0 spiro atoms. The fourth-order valence-corrected chi connectivity index (χ4v) is 1.85. The molecule has 0 atom stereocenters. The zero-order valence-electron chi connectivity index (χ0n) is 10.2. The number of carbonyl (C=O) groups excluding carboxylic acids is 1. The van der Waals surface area contributed by atoms with E-state index in [1.54, 1.807) is 12.1 Å². The van der Waals surface area contributed by atoms with E-state index in [1.165, 1.54) is 19.0 Å². The maximum Gasteiger partial charge on any atom is 0.272 e. The van der Waals surface area contributed by atoms with Gasteiger partial charge in [-0.25, -0.2) is 4.98 Å². The van der Waals surface area contributed by atoms with Crippen molar-refractivity contribution in [3.8, 4) is 0 Å². The average Bonchev–Trinajstić information content (AvgIpc) is 3.13. The van der Waals surface area contributed by atoms with Crippen molar-refractivity contribution in [1.82, 2.24) is 9.88 Å². The van der Waals surface area contributed by atoms with E-state index in [-0.39, 0.29) is 5.91 Å². The molecule has 1 saturated carbocycles. The average molecular weight is 233 g/mol. The molecule has 0 bridgehead atoms. The van der Waals surface area contributed by atoms with E-state index in [9.17, 15) is 4.79 Å². The maximum absolute atomic E-state index is 12.2. The van der Waals surface area contributed by atoms with Gasteiger partial charge in [0.25, 0.3) is 5.91 Å². The third-order valence-electron chi connectivity index (χ3n) is 2.96. The molecule has 4 nitrogen and oxygen atoms in total. The van der Waals surface area contributed by atoms with Crippen LogP contribution in [0.2, 0.25) is 0 Å². The van der Waals surface area contributed by atoms with E-state index in [4.69, 9.17) is 5.73 Å². The van der Waals surface area contributed by atoms with Crippen molar-refractivity contribution in [1.29, 1.82) is 0 Å². The van der Waals surface area contributed by atoms with E-state index in [2.05, 4.69) is 11.9 Å². The Labute approximate surface area is 102 Å². The van der Waals surface area contributed by atoms with Crippen molar-refractivity contribution >= 4 is 11.6 Å². The molecule has 2 N–H and O–H groups in total. The summed E-state index contributed by atoms with van der Waals surface area (Å²) in [7, 11) is 0. The lowest BCUT2D eigenvalue weighted by Gasteiger charge is -2.21. The predicted octanol–water partition coefficient (Wildman–Crippen LogP) is 1.93. The highest BCUT2D eigenvalue weighted by atomic mass is 16.2. The Morgan fingerprint density at radius 3 is 2.82 bits per heavy atom. The van der Waals surface area contributed by atoms with Crippen LogP contribution in [-0.2, 0) is 0 Å². The second kappa shape index (κ2) is 5.17. The van der Waals surface area contributed by atoms with Gasteiger partial charge in [-0.2, -0.15) is 0 Å². The summed E-state index contributed by atoms with van der Waals surface area (Å²) in [5.41, 5.74) is 6.65. The second-order valence-corrected chi connectivity index (χ2v) is 4.67. The molecule has 0 aliphatic heterocycles. The zero-order valence-corrected chi connectivity index (χ0v) is 10.2. The maximum atomic E-state index is 12.2. The van der Waals surface area contributed by atoms with Gasteiger partial charge in [0, 0.05) is 13.1 Å². The minimum absolute atomic E-state index is 0.0266. The Morgan fingerprint density at radius 2 is 2.29 bits per heavy atom. The zero-order chi connectivity index (χ0) is 12.3. The van der Waals surface area contributed by atoms with Crippen LogP contribution in [0.25, 0.3) is 0 Å². The molecule has 1 aliphatic rings. The van der Waals surface area contributed by atoms with Crippen LogP contribution in [0.15, 0.2) is 18.3 Å². The Bertz CT molecular complexity index is 384. The van der Waals surface area contributed by atoms with Crippen molar-refractivity contribution in [2.24, 2.45) is 5.92 Å². The minimum Gasteiger partial charge on any atom is -0.397 e. The van der Waals surface area contributed by atoms with Crippen molar-refractivity contribution in [2.75, 3.05) is 18.8 Å². The summed E-state index contributed by atoms with van der Waals surface area (Å²) in [4.78, 5) is 18.2. The number of carbonyl (C=O) groups is 1. The first-order chi connectivity index (χ1) is 8.20. The predicted molar refractivity (Wildman–Crippen MR) is 67.6 cm³/mol. The molecule has 0 saturated heterocycles. The molecule has 4 heteroatoms. The Balaban J connectivity index is 2.05. The number of anilines is 1. The molecular weight excluding hydrogens is 214 g/mol. The van der Waals surface area contributed by atoms with Crippen LogP contribution in [0.5, 0.6) is 0 Å². The van der Waals surface area contributed by atoms with Crippen LogP contribution >= 0.6 is 0 Å². The van der Waals surface area contributed by atoms with Crippen LogP contribution in [0.4, 0.5) is 5.69 Å². The van der Waals surface area contributed by atoms with Gasteiger partial charge < -0.3 is 10.6 Å². The Kier molecular flexibility index (Phi) is 3.61. The molecule has 0 unspecified atom stereocenters. The van der Waals surface area contributed by atoms with Gasteiger partial charge in [0.1, 0.15) is 5.69 Å². The Hall–Kier alpha value is -1.58. The molecular formula is C13H19N3O. The number of hydrogen-bond acceptors (Lipinski definition) is 3. The van der Waals surface area contributed by atoms with Crippen molar-refractivity contribution < 1.29 is 4.79 Å². The molecule has 0 aromatic carbocycles. The number of pyridine rings is 1. The number of hydrogen-bond donors (Lipinski definition) is 1. The van der Waals surface area contributed by atoms with Gasteiger partial charge in [0.15, 0.2) is 0 Å². The number of amides is 1. The number of rotatable bonds is 5. The van der Waals surface area contributed by atoms with Gasteiger partial charge in [0.2, 0.25) is 0 Å². The number of nitrogen functional groups attached to an aromatic ring is 1. The summed E-state index contributed by atoms with van der Waals surface area (Å²) in [5.74, 6) is 0.734. The quantitative estimate of drug-likeness (QED) is 0.845.